The molecule has 0 fully saturated rings. The molecule has 1 rings (SSSR count). The van der Waals surface area contributed by atoms with Crippen LogP contribution in [0, 0.1) is 0 Å². The van der Waals surface area contributed by atoms with Crippen molar-refractivity contribution in [3.05, 3.63) is 33.8 Å². The Balaban J connectivity index is 2.81. The zero-order valence-corrected chi connectivity index (χ0v) is 13.9. The highest BCUT2D eigenvalue weighted by molar-refractivity contribution is 6.42. The molecule has 112 valence electrons. The Morgan fingerprint density at radius 1 is 1.30 bits per heavy atom. The second-order valence-corrected chi connectivity index (χ2v) is 5.69. The van der Waals surface area contributed by atoms with Crippen molar-refractivity contribution in [1.82, 2.24) is 10.2 Å². The summed E-state index contributed by atoms with van der Waals surface area (Å²) < 4.78 is 0. The second kappa shape index (κ2) is 7.87. The van der Waals surface area contributed by atoms with Crippen molar-refractivity contribution < 1.29 is 4.79 Å². The van der Waals surface area contributed by atoms with E-state index in [1.54, 1.807) is 18.0 Å². The summed E-state index contributed by atoms with van der Waals surface area (Å²) in [5.41, 5.74) is 1.04. The van der Waals surface area contributed by atoms with Gasteiger partial charge in [0.1, 0.15) is 0 Å². The number of benzene rings is 1. The third-order valence-corrected chi connectivity index (χ3v) is 4.17. The fraction of sp³-hybridized carbons (Fsp3) is 0.533. The van der Waals surface area contributed by atoms with Gasteiger partial charge in [-0.2, -0.15) is 0 Å². The summed E-state index contributed by atoms with van der Waals surface area (Å²) in [5.74, 6) is 0.0889. The number of nitrogens with zero attached hydrogens (tertiary/aromatic N) is 1. The van der Waals surface area contributed by atoms with Gasteiger partial charge in [-0.25, -0.2) is 0 Å². The molecule has 2 unspecified atom stereocenters. The molecule has 0 heterocycles. The third-order valence-electron chi connectivity index (χ3n) is 3.43. The van der Waals surface area contributed by atoms with Crippen molar-refractivity contribution in [2.24, 2.45) is 0 Å². The van der Waals surface area contributed by atoms with Crippen LogP contribution in [0.15, 0.2) is 18.2 Å². The van der Waals surface area contributed by atoms with E-state index in [9.17, 15) is 4.79 Å². The molecule has 1 aromatic carbocycles. The number of carbonyl (C=O) groups excluding carboxylic acids is 1. The Hall–Kier alpha value is -0.770. The lowest BCUT2D eigenvalue weighted by atomic mass is 10.0. The molecule has 5 heteroatoms. The van der Waals surface area contributed by atoms with Gasteiger partial charge in [-0.3, -0.25) is 10.1 Å². The Kier molecular flexibility index (Phi) is 6.80. The highest BCUT2D eigenvalue weighted by Gasteiger charge is 2.20. The van der Waals surface area contributed by atoms with Crippen LogP contribution < -0.4 is 5.32 Å². The first kappa shape index (κ1) is 17.3. The van der Waals surface area contributed by atoms with Crippen molar-refractivity contribution in [2.75, 3.05) is 13.6 Å². The number of hydrogen-bond acceptors (Lipinski definition) is 2. The van der Waals surface area contributed by atoms with Crippen LogP contribution in [-0.2, 0) is 4.79 Å². The summed E-state index contributed by atoms with van der Waals surface area (Å²) in [4.78, 5) is 13.8. The zero-order valence-electron chi connectivity index (χ0n) is 12.4. The molecule has 20 heavy (non-hydrogen) atoms. The van der Waals surface area contributed by atoms with Crippen LogP contribution in [0.5, 0.6) is 0 Å². The average molecular weight is 317 g/mol. The van der Waals surface area contributed by atoms with Crippen LogP contribution in [0.25, 0.3) is 0 Å². The highest BCUT2D eigenvalue weighted by Crippen LogP contribution is 2.27. The molecule has 0 aliphatic carbocycles. The van der Waals surface area contributed by atoms with E-state index in [2.05, 4.69) is 12.2 Å². The molecule has 3 nitrogen and oxygen atoms in total. The van der Waals surface area contributed by atoms with Crippen LogP contribution in [0.2, 0.25) is 10.0 Å². The van der Waals surface area contributed by atoms with Crippen molar-refractivity contribution in [2.45, 2.75) is 39.3 Å². The second-order valence-electron chi connectivity index (χ2n) is 4.88. The van der Waals surface area contributed by atoms with Gasteiger partial charge in [0.25, 0.3) is 0 Å². The standard InChI is InChI=1S/C15H22Cl2N2O/c1-5-14(11-7-8-12(16)13(17)9-11)18-10(3)15(20)19(4)6-2/h7-10,14,18H,5-6H2,1-4H3. The van der Waals surface area contributed by atoms with E-state index in [1.807, 2.05) is 26.0 Å². The normalized spacial score (nSPS) is 13.9. The van der Waals surface area contributed by atoms with E-state index in [-0.39, 0.29) is 18.0 Å². The number of hydrogen-bond donors (Lipinski definition) is 1. The molecule has 0 radical (unpaired) electrons. The molecular weight excluding hydrogens is 295 g/mol. The Morgan fingerprint density at radius 3 is 2.45 bits per heavy atom. The van der Waals surface area contributed by atoms with E-state index in [0.717, 1.165) is 12.0 Å². The minimum atomic E-state index is -0.237. The lowest BCUT2D eigenvalue weighted by molar-refractivity contribution is -0.131. The van der Waals surface area contributed by atoms with E-state index < -0.39 is 0 Å². The minimum absolute atomic E-state index is 0.0778. The van der Waals surface area contributed by atoms with E-state index in [4.69, 9.17) is 23.2 Å². The maximum atomic E-state index is 12.1. The van der Waals surface area contributed by atoms with Gasteiger partial charge < -0.3 is 4.90 Å². The molecule has 1 aromatic rings. The fourth-order valence-corrected chi connectivity index (χ4v) is 2.34. The molecule has 2 atom stereocenters. The van der Waals surface area contributed by atoms with E-state index >= 15 is 0 Å². The van der Waals surface area contributed by atoms with Crippen LogP contribution in [-0.4, -0.2) is 30.4 Å². The summed E-state index contributed by atoms with van der Waals surface area (Å²) in [7, 11) is 1.81. The van der Waals surface area contributed by atoms with Crippen LogP contribution in [0.4, 0.5) is 0 Å². The van der Waals surface area contributed by atoms with Gasteiger partial charge in [-0.05, 0) is 38.0 Å². The van der Waals surface area contributed by atoms with Gasteiger partial charge >= 0.3 is 0 Å². The van der Waals surface area contributed by atoms with Crippen LogP contribution in [0.1, 0.15) is 38.8 Å². The zero-order chi connectivity index (χ0) is 15.3. The van der Waals surface area contributed by atoms with Gasteiger partial charge in [-0.15, -0.1) is 0 Å². The predicted molar refractivity (Wildman–Crippen MR) is 85.4 cm³/mol. The summed E-state index contributed by atoms with van der Waals surface area (Å²) >= 11 is 12.0. The molecule has 0 saturated carbocycles. The van der Waals surface area contributed by atoms with Crippen LogP contribution in [0.3, 0.4) is 0 Å². The summed E-state index contributed by atoms with van der Waals surface area (Å²) in [5, 5.41) is 4.43. The van der Waals surface area contributed by atoms with Gasteiger partial charge in [0.15, 0.2) is 0 Å². The highest BCUT2D eigenvalue weighted by atomic mass is 35.5. The third kappa shape index (κ3) is 4.37. The SMILES string of the molecule is CCC(NC(C)C(=O)N(C)CC)c1ccc(Cl)c(Cl)c1. The van der Waals surface area contributed by atoms with Gasteiger partial charge in [0, 0.05) is 19.6 Å². The van der Waals surface area contributed by atoms with Crippen molar-refractivity contribution in [1.29, 1.82) is 0 Å². The molecule has 1 amide bonds. The number of nitrogens with one attached hydrogen (secondary N) is 1. The quantitative estimate of drug-likeness (QED) is 0.863. The monoisotopic (exact) mass is 316 g/mol. The van der Waals surface area contributed by atoms with E-state index in [1.165, 1.54) is 0 Å². The molecule has 1 N–H and O–H groups in total. The van der Waals surface area contributed by atoms with Gasteiger partial charge in [-0.1, -0.05) is 36.2 Å². The smallest absolute Gasteiger partial charge is 0.239 e. The Bertz CT molecular complexity index is 465. The van der Waals surface area contributed by atoms with Crippen molar-refractivity contribution in [3.8, 4) is 0 Å². The first-order chi connectivity index (χ1) is 9.40. The lowest BCUT2D eigenvalue weighted by Crippen LogP contribution is -2.44. The minimum Gasteiger partial charge on any atom is -0.345 e. The van der Waals surface area contributed by atoms with Crippen molar-refractivity contribution in [3.63, 3.8) is 0 Å². The summed E-state index contributed by atoms with van der Waals surface area (Å²) in [6.45, 7) is 6.62. The van der Waals surface area contributed by atoms with Crippen molar-refractivity contribution >= 4 is 29.1 Å². The number of likely N-dealkylation sites (N-methyl/N-ethyl adjacent to an activating group) is 1. The lowest BCUT2D eigenvalue weighted by Gasteiger charge is -2.25. The Morgan fingerprint density at radius 2 is 1.95 bits per heavy atom. The molecule has 0 bridgehead atoms. The number of halogens is 2. The Labute approximate surface area is 131 Å². The molecule has 0 aliphatic heterocycles. The number of amides is 1. The molecule has 0 spiro atoms. The van der Waals surface area contributed by atoms with Crippen LogP contribution >= 0.6 is 23.2 Å². The molecule has 0 saturated heterocycles. The fourth-order valence-electron chi connectivity index (χ4n) is 2.04. The maximum absolute atomic E-state index is 12.1. The first-order valence-corrected chi connectivity index (χ1v) is 7.62. The van der Waals surface area contributed by atoms with Gasteiger partial charge in [0.2, 0.25) is 5.91 Å². The molecule has 0 aromatic heterocycles. The average Bonchev–Trinajstić information content (AvgIpc) is 2.45. The predicted octanol–water partition coefficient (Wildman–Crippen LogP) is 3.90. The topological polar surface area (TPSA) is 32.3 Å². The van der Waals surface area contributed by atoms with Gasteiger partial charge in [0.05, 0.1) is 16.1 Å². The van der Waals surface area contributed by atoms with E-state index in [0.29, 0.717) is 16.6 Å². The summed E-state index contributed by atoms with van der Waals surface area (Å²) in [6, 6.07) is 5.42. The summed E-state index contributed by atoms with van der Waals surface area (Å²) in [6.07, 6.45) is 0.866. The largest absolute Gasteiger partial charge is 0.345 e. The molecular formula is C15H22Cl2N2O. The molecule has 0 aliphatic rings. The first-order valence-electron chi connectivity index (χ1n) is 6.86. The number of carbonyl (C=O) groups is 1. The maximum Gasteiger partial charge on any atom is 0.239 e. The number of rotatable bonds is 6.